The van der Waals surface area contributed by atoms with Crippen molar-refractivity contribution in [2.45, 2.75) is 83.3 Å². The first kappa shape index (κ1) is 37.6. The van der Waals surface area contributed by atoms with Crippen LogP contribution in [0.1, 0.15) is 97.8 Å². The Kier molecular flexibility index (Phi) is 12.2. The number of hydrogen-bond donors (Lipinski definition) is 3. The molecule has 1 heterocycles. The van der Waals surface area contributed by atoms with E-state index in [0.29, 0.717) is 40.1 Å². The lowest BCUT2D eigenvalue weighted by molar-refractivity contribution is -0.116. The van der Waals surface area contributed by atoms with E-state index in [1.807, 2.05) is 55.5 Å². The van der Waals surface area contributed by atoms with E-state index in [2.05, 4.69) is 56.6 Å². The fraction of sp³-hybridized carbons (Fsp3) is 0.333. The largest absolute Gasteiger partial charge is 0.321 e. The van der Waals surface area contributed by atoms with Crippen LogP contribution in [0.3, 0.4) is 0 Å². The number of thiophene rings is 1. The molecule has 1 aliphatic carbocycles. The number of fused-ring (bicyclic) bond motifs is 1. The first-order chi connectivity index (χ1) is 24.4. The summed E-state index contributed by atoms with van der Waals surface area (Å²) in [6, 6.07) is 26.3. The second-order valence-electron chi connectivity index (χ2n) is 14.3. The second-order valence-corrected chi connectivity index (χ2v) is 16.7. The van der Waals surface area contributed by atoms with Gasteiger partial charge in [-0.05, 0) is 96.0 Å². The Bertz CT molecular complexity index is 1950. The van der Waals surface area contributed by atoms with Crippen molar-refractivity contribution in [3.63, 3.8) is 0 Å². The molecule has 0 radical (unpaired) electrons. The van der Waals surface area contributed by atoms with Crippen molar-refractivity contribution in [3.8, 4) is 6.07 Å². The normalized spacial score (nSPS) is 15.0. The number of carbonyl (C=O) groups is 3. The number of rotatable bonds is 11. The SMILES string of the molecule is CCC(Sc1cccc(NC(=O)/C(=C\c2ccc(C(C)C)cc2)NC(=O)c2ccccc2)c1)C(=O)Nc1sc2c(c1C#N)CCC(C(C)(C)C)C2. The molecule has 5 rings (SSSR count). The zero-order valence-corrected chi connectivity index (χ0v) is 31.8. The molecule has 3 amide bonds. The lowest BCUT2D eigenvalue weighted by Gasteiger charge is -2.33. The first-order valence-corrected chi connectivity index (χ1v) is 19.2. The van der Waals surface area contributed by atoms with Crippen molar-refractivity contribution >= 4 is 57.6 Å². The lowest BCUT2D eigenvalue weighted by atomic mass is 9.72. The zero-order valence-electron chi connectivity index (χ0n) is 30.1. The molecule has 0 fully saturated rings. The van der Waals surface area contributed by atoms with Gasteiger partial charge in [0.05, 0.1) is 10.8 Å². The number of nitrogens with one attached hydrogen (secondary N) is 3. The van der Waals surface area contributed by atoms with Gasteiger partial charge in [-0.3, -0.25) is 14.4 Å². The zero-order chi connectivity index (χ0) is 36.7. The average molecular weight is 719 g/mol. The van der Waals surface area contributed by atoms with Crippen LogP contribution >= 0.6 is 23.1 Å². The molecule has 0 aliphatic heterocycles. The van der Waals surface area contributed by atoms with Crippen molar-refractivity contribution < 1.29 is 14.4 Å². The van der Waals surface area contributed by atoms with Gasteiger partial charge < -0.3 is 16.0 Å². The van der Waals surface area contributed by atoms with Gasteiger partial charge >= 0.3 is 0 Å². The Morgan fingerprint density at radius 3 is 2.37 bits per heavy atom. The molecule has 7 nitrogen and oxygen atoms in total. The first-order valence-electron chi connectivity index (χ1n) is 17.5. The number of thioether (sulfide) groups is 1. The predicted octanol–water partition coefficient (Wildman–Crippen LogP) is 9.81. The number of nitrogens with zero attached hydrogens (tertiary/aromatic N) is 1. The minimum absolute atomic E-state index is 0.103. The number of nitriles is 1. The Hall–Kier alpha value is -4.65. The second kappa shape index (κ2) is 16.6. The van der Waals surface area contributed by atoms with Crippen LogP contribution in [-0.4, -0.2) is 23.0 Å². The van der Waals surface area contributed by atoms with Gasteiger partial charge in [0.1, 0.15) is 16.8 Å². The molecule has 0 spiro atoms. The molecule has 0 saturated heterocycles. The van der Waals surface area contributed by atoms with Crippen LogP contribution in [0.15, 0.2) is 89.5 Å². The van der Waals surface area contributed by atoms with E-state index >= 15 is 0 Å². The van der Waals surface area contributed by atoms with Gasteiger partial charge in [0.2, 0.25) is 5.91 Å². The summed E-state index contributed by atoms with van der Waals surface area (Å²) in [5.74, 6) is -0.120. The van der Waals surface area contributed by atoms with Crippen molar-refractivity contribution in [1.82, 2.24) is 5.32 Å². The number of benzene rings is 3. The highest BCUT2D eigenvalue weighted by molar-refractivity contribution is 8.00. The van der Waals surface area contributed by atoms with Gasteiger partial charge in [0.25, 0.3) is 11.8 Å². The molecule has 2 unspecified atom stereocenters. The Morgan fingerprint density at radius 2 is 1.73 bits per heavy atom. The van der Waals surface area contributed by atoms with Gasteiger partial charge in [-0.1, -0.05) is 90.1 Å². The van der Waals surface area contributed by atoms with Gasteiger partial charge in [-0.15, -0.1) is 23.1 Å². The van der Waals surface area contributed by atoms with Crippen LogP contribution in [0.2, 0.25) is 0 Å². The third kappa shape index (κ3) is 9.57. The maximum Gasteiger partial charge on any atom is 0.272 e. The summed E-state index contributed by atoms with van der Waals surface area (Å²) < 4.78 is 0. The highest BCUT2D eigenvalue weighted by Gasteiger charge is 2.33. The fourth-order valence-electron chi connectivity index (χ4n) is 6.14. The molecule has 9 heteroatoms. The standard InChI is InChI=1S/C42H46N4O3S2/c1-7-36(40(49)46-41-34(25-43)33-21-20-30(42(4,5)6)23-37(33)51-41)50-32-15-11-14-31(24-32)44-39(48)35(45-38(47)29-12-9-8-10-13-29)22-27-16-18-28(19-17-27)26(2)3/h8-19,22,24,26,30,36H,7,20-21,23H2,1-6H3,(H,44,48)(H,45,47)(H,46,49)/b35-22+. The summed E-state index contributed by atoms with van der Waals surface area (Å²) in [7, 11) is 0. The van der Waals surface area contributed by atoms with Crippen molar-refractivity contribution in [1.29, 1.82) is 5.26 Å². The predicted molar refractivity (Wildman–Crippen MR) is 210 cm³/mol. The van der Waals surface area contributed by atoms with Crippen molar-refractivity contribution in [2.75, 3.05) is 10.6 Å². The molecule has 0 bridgehead atoms. The minimum Gasteiger partial charge on any atom is -0.321 e. The summed E-state index contributed by atoms with van der Waals surface area (Å²) in [6.45, 7) is 13.0. The molecule has 4 aromatic rings. The Labute approximate surface area is 309 Å². The number of amides is 3. The van der Waals surface area contributed by atoms with Gasteiger partial charge in [0.15, 0.2) is 0 Å². The fourth-order valence-corrected chi connectivity index (χ4v) is 8.44. The molecular weight excluding hydrogens is 673 g/mol. The van der Waals surface area contributed by atoms with Gasteiger partial charge in [-0.25, -0.2) is 0 Å². The van der Waals surface area contributed by atoms with E-state index in [4.69, 9.17) is 0 Å². The Balaban J connectivity index is 1.30. The van der Waals surface area contributed by atoms with E-state index in [1.54, 1.807) is 36.4 Å². The van der Waals surface area contributed by atoms with Crippen LogP contribution in [0.4, 0.5) is 10.7 Å². The molecule has 51 heavy (non-hydrogen) atoms. The average Bonchev–Trinajstić information content (AvgIpc) is 3.46. The molecule has 264 valence electrons. The molecule has 3 N–H and O–H groups in total. The Morgan fingerprint density at radius 1 is 1.00 bits per heavy atom. The number of anilines is 2. The number of hydrogen-bond acceptors (Lipinski definition) is 6. The molecule has 1 aliphatic rings. The lowest BCUT2D eigenvalue weighted by Crippen LogP contribution is -2.30. The van der Waals surface area contributed by atoms with E-state index in [1.165, 1.54) is 33.5 Å². The van der Waals surface area contributed by atoms with Crippen LogP contribution in [0.5, 0.6) is 0 Å². The van der Waals surface area contributed by atoms with E-state index in [-0.39, 0.29) is 17.0 Å². The number of carbonyl (C=O) groups excluding carboxylic acids is 3. The highest BCUT2D eigenvalue weighted by atomic mass is 32.2. The topological polar surface area (TPSA) is 111 Å². The summed E-state index contributed by atoms with van der Waals surface area (Å²) in [4.78, 5) is 42.4. The van der Waals surface area contributed by atoms with Crippen LogP contribution in [-0.2, 0) is 22.4 Å². The summed E-state index contributed by atoms with van der Waals surface area (Å²) in [5, 5.41) is 19.1. The van der Waals surface area contributed by atoms with Gasteiger partial charge in [0, 0.05) is 21.0 Å². The third-order valence-corrected chi connectivity index (χ3v) is 11.8. The summed E-state index contributed by atoms with van der Waals surface area (Å²) in [6.07, 6.45) is 5.05. The maximum atomic E-state index is 13.7. The molecule has 1 aromatic heterocycles. The highest BCUT2D eigenvalue weighted by Crippen LogP contribution is 2.44. The van der Waals surface area contributed by atoms with Crippen LogP contribution in [0.25, 0.3) is 6.08 Å². The quantitative estimate of drug-likeness (QED) is 0.106. The van der Waals surface area contributed by atoms with Crippen molar-refractivity contribution in [3.05, 3.63) is 117 Å². The van der Waals surface area contributed by atoms with Crippen LogP contribution < -0.4 is 16.0 Å². The smallest absolute Gasteiger partial charge is 0.272 e. The van der Waals surface area contributed by atoms with E-state index < -0.39 is 17.1 Å². The van der Waals surface area contributed by atoms with E-state index in [0.717, 1.165) is 35.3 Å². The molecule has 0 saturated carbocycles. The van der Waals surface area contributed by atoms with E-state index in [9.17, 15) is 19.6 Å². The third-order valence-electron chi connectivity index (χ3n) is 9.31. The van der Waals surface area contributed by atoms with Gasteiger partial charge in [-0.2, -0.15) is 5.26 Å². The molecular formula is C42H46N4O3S2. The maximum absolute atomic E-state index is 13.7. The molecule has 2 atom stereocenters. The summed E-state index contributed by atoms with van der Waals surface area (Å²) >= 11 is 2.95. The van der Waals surface area contributed by atoms with Crippen LogP contribution in [0, 0.1) is 22.7 Å². The molecule has 3 aromatic carbocycles. The summed E-state index contributed by atoms with van der Waals surface area (Å²) in [5.41, 5.74) is 4.89. The van der Waals surface area contributed by atoms with Crippen molar-refractivity contribution in [2.24, 2.45) is 11.3 Å². The minimum atomic E-state index is -0.474. The monoisotopic (exact) mass is 718 g/mol.